The van der Waals surface area contributed by atoms with E-state index in [1.165, 1.54) is 5.01 Å². The maximum atomic E-state index is 13.5. The highest BCUT2D eigenvalue weighted by Crippen LogP contribution is 2.37. The number of nitrogens with one attached hydrogen (secondary N) is 1. The lowest BCUT2D eigenvalue weighted by Gasteiger charge is -2.26. The lowest BCUT2D eigenvalue weighted by atomic mass is 9.93. The average Bonchev–Trinajstić information content (AvgIpc) is 3.45. The van der Waals surface area contributed by atoms with Crippen molar-refractivity contribution in [2.45, 2.75) is 31.5 Å². The zero-order valence-corrected chi connectivity index (χ0v) is 18.4. The third-order valence-corrected chi connectivity index (χ3v) is 5.99. The van der Waals surface area contributed by atoms with Crippen molar-refractivity contribution >= 4 is 17.5 Å². The molecule has 9 nitrogen and oxygen atoms in total. The Balaban J connectivity index is 1.43. The van der Waals surface area contributed by atoms with Crippen LogP contribution in [0, 0.1) is 0 Å². The van der Waals surface area contributed by atoms with Crippen LogP contribution in [0.4, 0.5) is 4.79 Å². The molecule has 0 fully saturated rings. The summed E-state index contributed by atoms with van der Waals surface area (Å²) in [5, 5.41) is 33.0. The zero-order valence-electron chi connectivity index (χ0n) is 18.4. The molecule has 9 heteroatoms. The van der Waals surface area contributed by atoms with Gasteiger partial charge < -0.3 is 15.1 Å². The maximum Gasteiger partial charge on any atom is 0.341 e. The van der Waals surface area contributed by atoms with Crippen molar-refractivity contribution in [2.24, 2.45) is 10.3 Å². The van der Waals surface area contributed by atoms with E-state index in [-0.39, 0.29) is 17.4 Å². The molecule has 2 amide bonds. The minimum Gasteiger partial charge on any atom is -0.508 e. The lowest BCUT2D eigenvalue weighted by Crippen LogP contribution is -2.45. The van der Waals surface area contributed by atoms with Gasteiger partial charge in [0.25, 0.3) is 0 Å². The van der Waals surface area contributed by atoms with Crippen LogP contribution in [-0.2, 0) is 4.84 Å². The van der Waals surface area contributed by atoms with Crippen LogP contribution in [0.3, 0.4) is 0 Å². The number of carbonyl (C=O) groups is 1. The van der Waals surface area contributed by atoms with Crippen LogP contribution >= 0.6 is 0 Å². The number of nitrogens with zero attached hydrogens (tertiary/aromatic N) is 4. The first-order valence-corrected chi connectivity index (χ1v) is 10.9. The van der Waals surface area contributed by atoms with Crippen LogP contribution in [0.25, 0.3) is 0 Å². The lowest BCUT2D eigenvalue weighted by molar-refractivity contribution is 0.0515. The molecule has 0 radical (unpaired) electrons. The number of carbonyl (C=O) groups excluding carboxylic acids is 1. The Bertz CT molecular complexity index is 1260. The molecule has 3 N–H and O–H groups in total. The van der Waals surface area contributed by atoms with Gasteiger partial charge in [-0.05, 0) is 36.8 Å². The van der Waals surface area contributed by atoms with Crippen molar-refractivity contribution < 1.29 is 19.8 Å². The van der Waals surface area contributed by atoms with E-state index in [0.717, 1.165) is 11.1 Å². The number of aromatic nitrogens is 1. The number of pyridine rings is 1. The van der Waals surface area contributed by atoms with Crippen molar-refractivity contribution in [3.63, 3.8) is 0 Å². The number of hydrogen-bond donors (Lipinski definition) is 3. The molecular formula is C25H23N5O4. The van der Waals surface area contributed by atoms with Crippen LogP contribution in [0.15, 0.2) is 83.3 Å². The third-order valence-electron chi connectivity index (χ3n) is 5.99. The second kappa shape index (κ2) is 8.86. The molecule has 0 spiro atoms. The molecule has 34 heavy (non-hydrogen) atoms. The summed E-state index contributed by atoms with van der Waals surface area (Å²) in [5.41, 5.74) is 3.63. The Labute approximate surface area is 196 Å². The van der Waals surface area contributed by atoms with Gasteiger partial charge in [0.15, 0.2) is 0 Å². The van der Waals surface area contributed by atoms with Gasteiger partial charge in [0, 0.05) is 29.9 Å². The number of phenolic OH excluding ortho intramolecular Hbond substituents is 2. The van der Waals surface area contributed by atoms with E-state index in [9.17, 15) is 15.0 Å². The van der Waals surface area contributed by atoms with Gasteiger partial charge in [-0.15, -0.1) is 0 Å². The average molecular weight is 457 g/mol. The Morgan fingerprint density at radius 2 is 1.88 bits per heavy atom. The summed E-state index contributed by atoms with van der Waals surface area (Å²) in [4.78, 5) is 23.1. The SMILES string of the molecule is CC1=NOC(NC(=O)N2N=C(c3cccnc3)CC2c2ccccc2O)C1c1ccc(O)cc1. The number of hydrazone groups is 1. The van der Waals surface area contributed by atoms with Crippen LogP contribution in [0.5, 0.6) is 11.5 Å². The number of urea groups is 1. The first-order valence-electron chi connectivity index (χ1n) is 10.9. The second-order valence-corrected chi connectivity index (χ2v) is 8.19. The minimum atomic E-state index is -0.750. The van der Waals surface area contributed by atoms with Gasteiger partial charge in [0.05, 0.1) is 23.4 Å². The summed E-state index contributed by atoms with van der Waals surface area (Å²) in [7, 11) is 0. The molecule has 3 atom stereocenters. The topological polar surface area (TPSA) is 120 Å². The van der Waals surface area contributed by atoms with E-state index >= 15 is 0 Å². The standard InChI is InChI=1S/C25H23N5O4/c1-15-23(16-8-10-18(31)11-9-16)24(34-29-15)27-25(33)30-21(19-6-2-3-7-22(19)32)13-20(28-30)17-5-4-12-26-14-17/h2-12,14,21,23-24,31-32H,13H2,1H3,(H,27,33). The molecule has 3 heterocycles. The highest BCUT2D eigenvalue weighted by Gasteiger charge is 2.39. The summed E-state index contributed by atoms with van der Waals surface area (Å²) in [6.07, 6.45) is 3.03. The number of benzene rings is 2. The largest absolute Gasteiger partial charge is 0.508 e. The zero-order chi connectivity index (χ0) is 23.7. The molecule has 0 saturated carbocycles. The Morgan fingerprint density at radius 1 is 1.09 bits per heavy atom. The monoisotopic (exact) mass is 457 g/mol. The summed E-state index contributed by atoms with van der Waals surface area (Å²) in [6, 6.07) is 16.3. The normalized spacial score (nSPS) is 21.6. The van der Waals surface area contributed by atoms with E-state index in [2.05, 4.69) is 20.6 Å². The molecule has 0 aliphatic carbocycles. The van der Waals surface area contributed by atoms with Crippen molar-refractivity contribution in [1.29, 1.82) is 0 Å². The van der Waals surface area contributed by atoms with Gasteiger partial charge in [0.1, 0.15) is 11.5 Å². The van der Waals surface area contributed by atoms with Crippen LogP contribution in [0.1, 0.15) is 42.0 Å². The fraction of sp³-hybridized carbons (Fsp3) is 0.200. The molecule has 2 aliphatic rings. The first-order chi connectivity index (χ1) is 16.5. The van der Waals surface area contributed by atoms with E-state index in [1.54, 1.807) is 54.9 Å². The molecule has 3 aromatic rings. The predicted octanol–water partition coefficient (Wildman–Crippen LogP) is 3.87. The minimum absolute atomic E-state index is 0.0891. The van der Waals surface area contributed by atoms with E-state index in [1.807, 2.05) is 25.1 Å². The van der Waals surface area contributed by atoms with E-state index < -0.39 is 18.3 Å². The fourth-order valence-electron chi connectivity index (χ4n) is 4.29. The Kier molecular flexibility index (Phi) is 5.59. The maximum absolute atomic E-state index is 13.5. The highest BCUT2D eigenvalue weighted by atomic mass is 16.7. The Hall–Kier alpha value is -4.40. The van der Waals surface area contributed by atoms with Crippen molar-refractivity contribution in [3.05, 3.63) is 89.7 Å². The number of para-hydroxylation sites is 1. The summed E-state index contributed by atoms with van der Waals surface area (Å²) >= 11 is 0. The van der Waals surface area contributed by atoms with Crippen molar-refractivity contribution in [1.82, 2.24) is 15.3 Å². The van der Waals surface area contributed by atoms with Gasteiger partial charge in [-0.2, -0.15) is 5.10 Å². The van der Waals surface area contributed by atoms with Crippen LogP contribution < -0.4 is 5.32 Å². The summed E-state index contributed by atoms with van der Waals surface area (Å²) in [6.45, 7) is 1.82. The predicted molar refractivity (Wildman–Crippen MR) is 125 cm³/mol. The molecule has 2 aliphatic heterocycles. The highest BCUT2D eigenvalue weighted by molar-refractivity contribution is 6.03. The van der Waals surface area contributed by atoms with Crippen LogP contribution in [0.2, 0.25) is 0 Å². The van der Waals surface area contributed by atoms with Gasteiger partial charge in [-0.3, -0.25) is 10.3 Å². The van der Waals surface area contributed by atoms with E-state index in [0.29, 0.717) is 23.4 Å². The number of phenols is 2. The molecule has 172 valence electrons. The fourth-order valence-corrected chi connectivity index (χ4v) is 4.29. The van der Waals surface area contributed by atoms with Gasteiger partial charge in [0.2, 0.25) is 6.23 Å². The van der Waals surface area contributed by atoms with Gasteiger partial charge >= 0.3 is 6.03 Å². The first kappa shape index (κ1) is 21.4. The molecular weight excluding hydrogens is 434 g/mol. The summed E-state index contributed by atoms with van der Waals surface area (Å²) in [5.74, 6) is -0.0820. The molecule has 0 saturated heterocycles. The van der Waals surface area contributed by atoms with Crippen LogP contribution in [-0.4, -0.2) is 43.9 Å². The molecule has 1 aromatic heterocycles. The smallest absolute Gasteiger partial charge is 0.341 e. The third kappa shape index (κ3) is 4.03. The molecule has 2 aromatic carbocycles. The molecule has 0 bridgehead atoms. The molecule has 3 unspecified atom stereocenters. The number of aromatic hydroxyl groups is 2. The quantitative estimate of drug-likeness (QED) is 0.549. The number of oxime groups is 1. The Morgan fingerprint density at radius 3 is 2.62 bits per heavy atom. The van der Waals surface area contributed by atoms with E-state index in [4.69, 9.17) is 4.84 Å². The summed E-state index contributed by atoms with van der Waals surface area (Å²) < 4.78 is 0. The van der Waals surface area contributed by atoms with Gasteiger partial charge in [-0.25, -0.2) is 9.80 Å². The van der Waals surface area contributed by atoms with Crippen molar-refractivity contribution in [3.8, 4) is 11.5 Å². The molecule has 5 rings (SSSR count). The number of amides is 2. The number of rotatable bonds is 4. The number of hydrogen-bond acceptors (Lipinski definition) is 7. The second-order valence-electron chi connectivity index (χ2n) is 8.19. The van der Waals surface area contributed by atoms with Gasteiger partial charge in [-0.1, -0.05) is 41.6 Å². The van der Waals surface area contributed by atoms with Crippen molar-refractivity contribution in [2.75, 3.05) is 0 Å².